The number of carboxylic acid groups (broad SMARTS) is 1. The molecule has 18 heavy (non-hydrogen) atoms. The van der Waals surface area contributed by atoms with Crippen LogP contribution >= 0.6 is 11.6 Å². The van der Waals surface area contributed by atoms with Crippen molar-refractivity contribution >= 4 is 17.6 Å². The molecule has 2 rings (SSSR count). The average Bonchev–Trinajstić information content (AvgIpc) is 2.65. The van der Waals surface area contributed by atoms with Gasteiger partial charge in [-0.15, -0.1) is 0 Å². The molecule has 1 saturated heterocycles. The van der Waals surface area contributed by atoms with Crippen LogP contribution in [-0.2, 0) is 11.3 Å². The summed E-state index contributed by atoms with van der Waals surface area (Å²) in [5, 5.41) is 9.16. The van der Waals surface area contributed by atoms with Crippen molar-refractivity contribution in [3.8, 4) is 0 Å². The summed E-state index contributed by atoms with van der Waals surface area (Å²) in [6.07, 6.45) is 0. The Labute approximate surface area is 110 Å². The highest BCUT2D eigenvalue weighted by atomic mass is 35.5. The van der Waals surface area contributed by atoms with E-state index in [4.69, 9.17) is 16.7 Å². The van der Waals surface area contributed by atoms with Gasteiger partial charge >= 0.3 is 5.97 Å². The molecule has 1 aromatic rings. The Kier molecular flexibility index (Phi) is 3.88. The largest absolute Gasteiger partial charge is 0.481 e. The zero-order valence-electron chi connectivity index (χ0n) is 10.1. The monoisotopic (exact) mass is 271 g/mol. The Bertz CT molecular complexity index is 466. The van der Waals surface area contributed by atoms with Gasteiger partial charge in [0.25, 0.3) is 0 Å². The second-order valence-corrected chi connectivity index (χ2v) is 5.27. The zero-order valence-corrected chi connectivity index (χ0v) is 10.8. The molecule has 1 N–H and O–H groups in total. The highest BCUT2D eigenvalue weighted by Gasteiger charge is 2.34. The molecular formula is C13H15ClFNO2. The van der Waals surface area contributed by atoms with Crippen LogP contribution in [0, 0.1) is 17.7 Å². The molecule has 98 valence electrons. The van der Waals surface area contributed by atoms with E-state index in [9.17, 15) is 9.18 Å². The van der Waals surface area contributed by atoms with E-state index < -0.39 is 11.8 Å². The zero-order chi connectivity index (χ0) is 13.3. The molecule has 0 aliphatic carbocycles. The molecule has 1 heterocycles. The summed E-state index contributed by atoms with van der Waals surface area (Å²) in [6.45, 7) is 3.82. The lowest BCUT2D eigenvalue weighted by Gasteiger charge is -2.15. The fourth-order valence-corrected chi connectivity index (χ4v) is 2.62. The number of benzene rings is 1. The van der Waals surface area contributed by atoms with Crippen molar-refractivity contribution < 1.29 is 14.3 Å². The number of hydrogen-bond acceptors (Lipinski definition) is 2. The lowest BCUT2D eigenvalue weighted by molar-refractivity contribution is -0.142. The van der Waals surface area contributed by atoms with Crippen LogP contribution in [0.25, 0.3) is 0 Å². The van der Waals surface area contributed by atoms with Gasteiger partial charge in [0.15, 0.2) is 0 Å². The van der Waals surface area contributed by atoms with Gasteiger partial charge in [-0.3, -0.25) is 9.69 Å². The molecule has 0 unspecified atom stereocenters. The predicted molar refractivity (Wildman–Crippen MR) is 67.0 cm³/mol. The molecule has 0 amide bonds. The van der Waals surface area contributed by atoms with Crippen LogP contribution < -0.4 is 0 Å². The third-order valence-electron chi connectivity index (χ3n) is 3.40. The number of nitrogens with zero attached hydrogens (tertiary/aromatic N) is 1. The molecule has 0 saturated carbocycles. The molecule has 1 aliphatic rings. The van der Waals surface area contributed by atoms with Crippen LogP contribution in [0.2, 0.25) is 5.02 Å². The minimum absolute atomic E-state index is 0.106. The molecular weight excluding hydrogens is 257 g/mol. The molecule has 3 nitrogen and oxygen atoms in total. The standard InChI is InChI=1S/C13H15ClFNO2/c1-8-5-16(7-10(8)13(17)18)6-9-2-3-12(15)11(14)4-9/h2-4,8,10H,5-7H2,1H3,(H,17,18)/t8-,10-/m1/s1. The van der Waals surface area contributed by atoms with E-state index in [0.29, 0.717) is 13.1 Å². The van der Waals surface area contributed by atoms with Gasteiger partial charge in [0.2, 0.25) is 0 Å². The van der Waals surface area contributed by atoms with Crippen LogP contribution in [0.1, 0.15) is 12.5 Å². The van der Waals surface area contributed by atoms with Crippen LogP contribution in [0.5, 0.6) is 0 Å². The Balaban J connectivity index is 2.03. The summed E-state index contributed by atoms with van der Waals surface area (Å²) in [6, 6.07) is 4.61. The van der Waals surface area contributed by atoms with E-state index in [-0.39, 0.29) is 16.9 Å². The van der Waals surface area contributed by atoms with Crippen molar-refractivity contribution in [3.63, 3.8) is 0 Å². The number of hydrogen-bond donors (Lipinski definition) is 1. The highest BCUT2D eigenvalue weighted by Crippen LogP contribution is 2.25. The number of aliphatic carboxylic acids is 1. The van der Waals surface area contributed by atoms with Gasteiger partial charge in [-0.1, -0.05) is 24.6 Å². The van der Waals surface area contributed by atoms with Crippen molar-refractivity contribution in [3.05, 3.63) is 34.6 Å². The third kappa shape index (κ3) is 2.82. The van der Waals surface area contributed by atoms with Crippen molar-refractivity contribution in [2.24, 2.45) is 11.8 Å². The minimum Gasteiger partial charge on any atom is -0.481 e. The van der Waals surface area contributed by atoms with E-state index in [0.717, 1.165) is 12.1 Å². The molecule has 0 bridgehead atoms. The Morgan fingerprint density at radius 1 is 1.56 bits per heavy atom. The van der Waals surface area contributed by atoms with E-state index in [1.165, 1.54) is 6.07 Å². The first kappa shape index (κ1) is 13.3. The fraction of sp³-hybridized carbons (Fsp3) is 0.462. The van der Waals surface area contributed by atoms with Crippen molar-refractivity contribution in [2.75, 3.05) is 13.1 Å². The van der Waals surface area contributed by atoms with Crippen LogP contribution in [0.3, 0.4) is 0 Å². The average molecular weight is 272 g/mol. The van der Waals surface area contributed by atoms with E-state index in [2.05, 4.69) is 4.90 Å². The van der Waals surface area contributed by atoms with Gasteiger partial charge in [0.1, 0.15) is 5.82 Å². The quantitative estimate of drug-likeness (QED) is 0.919. The topological polar surface area (TPSA) is 40.5 Å². The summed E-state index contributed by atoms with van der Waals surface area (Å²) >= 11 is 5.72. The van der Waals surface area contributed by atoms with Crippen LogP contribution in [-0.4, -0.2) is 29.1 Å². The molecule has 1 fully saturated rings. The molecule has 0 aromatic heterocycles. The summed E-state index contributed by atoms with van der Waals surface area (Å²) in [7, 11) is 0. The van der Waals surface area contributed by atoms with Gasteiger partial charge in [-0.25, -0.2) is 4.39 Å². The van der Waals surface area contributed by atoms with Gasteiger partial charge < -0.3 is 5.11 Å². The first-order valence-corrected chi connectivity index (χ1v) is 6.24. The number of carbonyl (C=O) groups is 1. The lowest BCUT2D eigenvalue weighted by atomic mass is 9.99. The van der Waals surface area contributed by atoms with Crippen molar-refractivity contribution in [1.82, 2.24) is 4.90 Å². The normalized spacial score (nSPS) is 24.4. The second kappa shape index (κ2) is 5.24. The number of halogens is 2. The molecule has 2 atom stereocenters. The molecule has 0 radical (unpaired) electrons. The maximum absolute atomic E-state index is 13.0. The SMILES string of the molecule is C[C@@H]1CN(Cc2ccc(F)c(Cl)c2)C[C@H]1C(=O)O. The van der Waals surface area contributed by atoms with Crippen LogP contribution in [0.4, 0.5) is 4.39 Å². The summed E-state index contributed by atoms with van der Waals surface area (Å²) < 4.78 is 13.0. The lowest BCUT2D eigenvalue weighted by Crippen LogP contribution is -2.23. The molecule has 1 aromatic carbocycles. The van der Waals surface area contributed by atoms with Gasteiger partial charge in [-0.05, 0) is 23.6 Å². The Morgan fingerprint density at radius 2 is 2.28 bits per heavy atom. The second-order valence-electron chi connectivity index (χ2n) is 4.86. The number of rotatable bonds is 3. The number of likely N-dealkylation sites (tertiary alicyclic amines) is 1. The summed E-state index contributed by atoms with van der Waals surface area (Å²) in [4.78, 5) is 13.1. The third-order valence-corrected chi connectivity index (χ3v) is 3.69. The van der Waals surface area contributed by atoms with E-state index in [1.807, 2.05) is 6.92 Å². The van der Waals surface area contributed by atoms with E-state index >= 15 is 0 Å². The fourth-order valence-electron chi connectivity index (χ4n) is 2.41. The van der Waals surface area contributed by atoms with Crippen molar-refractivity contribution in [1.29, 1.82) is 0 Å². The van der Waals surface area contributed by atoms with Gasteiger partial charge in [0, 0.05) is 19.6 Å². The van der Waals surface area contributed by atoms with Gasteiger partial charge in [-0.2, -0.15) is 0 Å². The Morgan fingerprint density at radius 3 is 2.83 bits per heavy atom. The minimum atomic E-state index is -0.748. The maximum atomic E-state index is 13.0. The van der Waals surface area contributed by atoms with E-state index in [1.54, 1.807) is 12.1 Å². The molecule has 0 spiro atoms. The van der Waals surface area contributed by atoms with Crippen LogP contribution in [0.15, 0.2) is 18.2 Å². The maximum Gasteiger partial charge on any atom is 0.308 e. The van der Waals surface area contributed by atoms with Gasteiger partial charge in [0.05, 0.1) is 10.9 Å². The first-order chi connectivity index (χ1) is 8.47. The Hall–Kier alpha value is -1.13. The van der Waals surface area contributed by atoms with Crippen molar-refractivity contribution in [2.45, 2.75) is 13.5 Å². The number of carboxylic acids is 1. The smallest absolute Gasteiger partial charge is 0.308 e. The highest BCUT2D eigenvalue weighted by molar-refractivity contribution is 6.30. The summed E-state index contributed by atoms with van der Waals surface area (Å²) in [5.41, 5.74) is 0.902. The predicted octanol–water partition coefficient (Wildman–Crippen LogP) is 2.63. The molecule has 5 heteroatoms. The summed E-state index contributed by atoms with van der Waals surface area (Å²) in [5.74, 6) is -1.36. The molecule has 1 aliphatic heterocycles. The first-order valence-electron chi connectivity index (χ1n) is 5.86.